The average molecular weight is 366 g/mol. The lowest BCUT2D eigenvalue weighted by molar-refractivity contribution is 0.662. The maximum absolute atomic E-state index is 4.63. The van der Waals surface area contributed by atoms with Crippen LogP contribution < -0.4 is 0 Å². The van der Waals surface area contributed by atoms with Crippen molar-refractivity contribution in [1.29, 1.82) is 0 Å². The fraction of sp³-hybridized carbons (Fsp3) is 0.542. The Bertz CT molecular complexity index is 752. The van der Waals surface area contributed by atoms with Crippen molar-refractivity contribution in [3.63, 3.8) is 0 Å². The molecular weight excluding hydrogens is 330 g/mol. The zero-order valence-corrected chi connectivity index (χ0v) is 18.6. The topological polar surface area (TPSA) is 12.9 Å². The monoisotopic (exact) mass is 365 g/mol. The van der Waals surface area contributed by atoms with Crippen molar-refractivity contribution < 1.29 is 0 Å². The molecule has 0 spiro atoms. The largest absolute Gasteiger partial charge is 0.261 e. The van der Waals surface area contributed by atoms with Crippen molar-refractivity contribution in [3.8, 4) is 11.5 Å². The van der Waals surface area contributed by atoms with E-state index in [0.29, 0.717) is 22.5 Å². The van der Waals surface area contributed by atoms with Crippen LogP contribution in [0.4, 0.5) is 0 Å². The zero-order valence-electron chi connectivity index (χ0n) is 17.6. The second kappa shape index (κ2) is 8.87. The summed E-state index contributed by atoms with van der Waals surface area (Å²) in [6, 6.07) is 10.6. The van der Waals surface area contributed by atoms with E-state index in [1.54, 1.807) is 0 Å². The van der Waals surface area contributed by atoms with Gasteiger partial charge >= 0.3 is 0 Å². The van der Waals surface area contributed by atoms with E-state index in [0.717, 1.165) is 12.8 Å². The van der Waals surface area contributed by atoms with Crippen LogP contribution in [0.15, 0.2) is 36.5 Å². The van der Waals surface area contributed by atoms with Gasteiger partial charge in [0.1, 0.15) is 8.07 Å². The first-order chi connectivity index (χ1) is 12.3. The van der Waals surface area contributed by atoms with Crippen molar-refractivity contribution >= 4 is 18.8 Å². The molecule has 0 bridgehead atoms. The number of pyridine rings is 1. The molecule has 140 valence electrons. The summed E-state index contributed by atoms with van der Waals surface area (Å²) in [5.74, 6) is 4.09. The smallest absolute Gasteiger partial charge is 0.145 e. The maximum Gasteiger partial charge on any atom is 0.145 e. The van der Waals surface area contributed by atoms with Gasteiger partial charge in [0.05, 0.1) is 0 Å². The second-order valence-electron chi connectivity index (χ2n) is 8.58. The molecular formula is C24H35NSi. The van der Waals surface area contributed by atoms with E-state index >= 15 is 0 Å². The van der Waals surface area contributed by atoms with Crippen LogP contribution in [0, 0.1) is 17.4 Å². The molecule has 0 aliphatic rings. The van der Waals surface area contributed by atoms with Gasteiger partial charge in [0.25, 0.3) is 0 Å². The Labute approximate surface area is 161 Å². The Morgan fingerprint density at radius 2 is 1.50 bits per heavy atom. The van der Waals surface area contributed by atoms with E-state index in [4.69, 9.17) is 0 Å². The lowest BCUT2D eigenvalue weighted by atomic mass is 10.0. The summed E-state index contributed by atoms with van der Waals surface area (Å²) in [4.78, 5) is 4.63. The van der Waals surface area contributed by atoms with Gasteiger partial charge in [-0.2, -0.15) is 0 Å². The van der Waals surface area contributed by atoms with Crippen LogP contribution in [0.1, 0.15) is 60.6 Å². The third-order valence-electron chi connectivity index (χ3n) is 5.97. The summed E-state index contributed by atoms with van der Waals surface area (Å²) < 4.78 is 0. The molecule has 26 heavy (non-hydrogen) atoms. The van der Waals surface area contributed by atoms with Crippen molar-refractivity contribution in [2.45, 2.75) is 77.9 Å². The van der Waals surface area contributed by atoms with Crippen LogP contribution in [0.3, 0.4) is 0 Å². The van der Waals surface area contributed by atoms with Crippen molar-refractivity contribution in [3.05, 3.63) is 42.2 Å². The highest BCUT2D eigenvalue weighted by Crippen LogP contribution is 2.40. The molecule has 0 saturated heterocycles. The molecule has 0 fully saturated rings. The molecule has 0 amide bonds. The van der Waals surface area contributed by atoms with E-state index in [2.05, 4.69) is 95.2 Å². The summed E-state index contributed by atoms with van der Waals surface area (Å²) in [6.07, 6.45) is 4.01. The highest BCUT2D eigenvalue weighted by molar-refractivity contribution is 6.90. The number of aryl methyl sites for hydroxylation is 1. The molecule has 2 aromatic rings. The molecule has 0 radical (unpaired) electrons. The van der Waals surface area contributed by atoms with Crippen LogP contribution in [0.2, 0.25) is 16.6 Å². The van der Waals surface area contributed by atoms with Gasteiger partial charge in [-0.15, -0.1) is 11.5 Å². The third kappa shape index (κ3) is 4.38. The first-order valence-corrected chi connectivity index (χ1v) is 12.4. The van der Waals surface area contributed by atoms with Crippen molar-refractivity contribution in [2.75, 3.05) is 0 Å². The molecule has 0 aliphatic heterocycles. The first kappa shape index (κ1) is 20.7. The lowest BCUT2D eigenvalue weighted by Gasteiger charge is -2.38. The molecule has 1 unspecified atom stereocenters. The Balaban J connectivity index is 2.16. The van der Waals surface area contributed by atoms with Gasteiger partial charge in [-0.1, -0.05) is 72.7 Å². The van der Waals surface area contributed by atoms with Gasteiger partial charge < -0.3 is 0 Å². The maximum atomic E-state index is 4.63. The van der Waals surface area contributed by atoms with Crippen LogP contribution in [-0.4, -0.2) is 13.1 Å². The number of hydrogen-bond acceptors (Lipinski definition) is 1. The molecule has 2 heteroatoms. The van der Waals surface area contributed by atoms with Crippen LogP contribution in [0.5, 0.6) is 0 Å². The standard InChI is InChI=1S/C24H35NSi/c1-18(2)26(19(3)4,20(5)6)17-15-21(7)12-13-24-23-11-9-8-10-22(23)14-16-25-24/h8-11,14,16,18-21H,12-13H2,1-7H3. The van der Waals surface area contributed by atoms with E-state index < -0.39 is 8.07 Å². The van der Waals surface area contributed by atoms with Crippen molar-refractivity contribution in [2.24, 2.45) is 5.92 Å². The second-order valence-corrected chi connectivity index (χ2v) is 14.2. The number of fused-ring (bicyclic) bond motifs is 1. The van der Waals surface area contributed by atoms with Gasteiger partial charge in [-0.05, 0) is 40.9 Å². The third-order valence-corrected chi connectivity index (χ3v) is 12.3. The predicted molar refractivity (Wildman–Crippen MR) is 118 cm³/mol. The van der Waals surface area contributed by atoms with Crippen LogP contribution >= 0.6 is 0 Å². The molecule has 0 N–H and O–H groups in total. The molecule has 0 aliphatic carbocycles. The zero-order chi connectivity index (χ0) is 19.3. The molecule has 1 aromatic carbocycles. The summed E-state index contributed by atoms with van der Waals surface area (Å²) >= 11 is 0. The Morgan fingerprint density at radius 1 is 0.885 bits per heavy atom. The summed E-state index contributed by atoms with van der Waals surface area (Å²) in [5, 5.41) is 2.56. The minimum atomic E-state index is -1.62. The van der Waals surface area contributed by atoms with Crippen LogP contribution in [0.25, 0.3) is 10.8 Å². The Kier molecular flexibility index (Phi) is 7.06. The molecule has 1 nitrogen and oxygen atoms in total. The van der Waals surface area contributed by atoms with Gasteiger partial charge in [-0.3, -0.25) is 4.98 Å². The summed E-state index contributed by atoms with van der Waals surface area (Å²) in [5.41, 5.74) is 7.17. The van der Waals surface area contributed by atoms with Crippen LogP contribution in [-0.2, 0) is 6.42 Å². The molecule has 0 saturated carbocycles. The lowest BCUT2D eigenvalue weighted by Crippen LogP contribution is -2.43. The van der Waals surface area contributed by atoms with Gasteiger partial charge in [-0.25, -0.2) is 0 Å². The van der Waals surface area contributed by atoms with E-state index in [9.17, 15) is 0 Å². The highest BCUT2D eigenvalue weighted by Gasteiger charge is 2.41. The fourth-order valence-electron chi connectivity index (χ4n) is 4.49. The summed E-state index contributed by atoms with van der Waals surface area (Å²) in [7, 11) is -1.62. The molecule has 1 aromatic heterocycles. The number of aromatic nitrogens is 1. The number of hydrogen-bond donors (Lipinski definition) is 0. The van der Waals surface area contributed by atoms with Crippen molar-refractivity contribution in [1.82, 2.24) is 4.98 Å². The molecule has 2 rings (SSSR count). The Morgan fingerprint density at radius 3 is 2.12 bits per heavy atom. The van der Waals surface area contributed by atoms with E-state index in [-0.39, 0.29) is 0 Å². The SMILES string of the molecule is CC(C#C[Si](C(C)C)(C(C)C)C(C)C)CCc1nccc2ccccc12. The summed E-state index contributed by atoms with van der Waals surface area (Å²) in [6.45, 7) is 16.6. The van der Waals surface area contributed by atoms with Gasteiger partial charge in [0.2, 0.25) is 0 Å². The quantitative estimate of drug-likeness (QED) is 0.396. The van der Waals surface area contributed by atoms with Gasteiger partial charge in [0.15, 0.2) is 0 Å². The van der Waals surface area contributed by atoms with Gasteiger partial charge in [0, 0.05) is 23.2 Å². The number of rotatable bonds is 6. The Hall–Kier alpha value is -1.59. The van der Waals surface area contributed by atoms with E-state index in [1.165, 1.54) is 16.5 Å². The minimum absolute atomic E-state index is 0.416. The first-order valence-electron chi connectivity index (χ1n) is 10.1. The van der Waals surface area contributed by atoms with E-state index in [1.807, 2.05) is 6.20 Å². The normalized spacial score (nSPS) is 13.3. The predicted octanol–water partition coefficient (Wildman–Crippen LogP) is 7.02. The number of nitrogens with zero attached hydrogens (tertiary/aromatic N) is 1. The number of benzene rings is 1. The fourth-order valence-corrected chi connectivity index (χ4v) is 9.85. The molecule has 1 heterocycles. The molecule has 1 atom stereocenters. The minimum Gasteiger partial charge on any atom is -0.261 e. The average Bonchev–Trinajstić information content (AvgIpc) is 2.59. The highest BCUT2D eigenvalue weighted by atomic mass is 28.3.